The van der Waals surface area contributed by atoms with Crippen LogP contribution in [0.15, 0.2) is 315 Å². The molecule has 2 aromatic heterocycles. The van der Waals surface area contributed by atoms with Gasteiger partial charge in [-0.05, 0) is 149 Å². The first-order valence-corrected chi connectivity index (χ1v) is 27.6. The van der Waals surface area contributed by atoms with E-state index in [-0.39, 0.29) is 0 Å². The molecule has 0 atom stereocenters. The molecule has 0 unspecified atom stereocenters. The van der Waals surface area contributed by atoms with E-state index in [9.17, 15) is 0 Å². The van der Waals surface area contributed by atoms with Crippen molar-refractivity contribution in [3.63, 3.8) is 0 Å². The molecule has 0 bridgehead atoms. The molecule has 2 heteroatoms. The lowest BCUT2D eigenvalue weighted by molar-refractivity contribution is 1.18. The van der Waals surface area contributed by atoms with Gasteiger partial charge < -0.3 is 9.13 Å². The largest absolute Gasteiger partial charge is 0.309 e. The van der Waals surface area contributed by atoms with E-state index >= 15 is 0 Å². The number of hydrogen-bond donors (Lipinski definition) is 0. The van der Waals surface area contributed by atoms with Crippen LogP contribution in [0.1, 0.15) is 0 Å². The molecule has 16 aromatic rings. The molecule has 0 aliphatic rings. The summed E-state index contributed by atoms with van der Waals surface area (Å²) in [5.41, 5.74) is 19.8. The monoisotopic (exact) mass is 1020 g/mol. The zero-order chi connectivity index (χ0) is 52.9. The molecule has 0 aliphatic heterocycles. The number of para-hydroxylation sites is 4. The van der Waals surface area contributed by atoms with Gasteiger partial charge in [-0.1, -0.05) is 255 Å². The van der Waals surface area contributed by atoms with E-state index in [4.69, 9.17) is 0 Å². The van der Waals surface area contributed by atoms with Crippen molar-refractivity contribution in [3.8, 4) is 67.0 Å². The van der Waals surface area contributed by atoms with Crippen LogP contribution in [-0.2, 0) is 0 Å². The Bertz CT molecular complexity index is 4890. The van der Waals surface area contributed by atoms with Gasteiger partial charge in [0.25, 0.3) is 0 Å². The average Bonchev–Trinajstić information content (AvgIpc) is 4.10. The summed E-state index contributed by atoms with van der Waals surface area (Å²) < 4.78 is 4.73. The van der Waals surface area contributed by atoms with Crippen LogP contribution >= 0.6 is 0 Å². The van der Waals surface area contributed by atoms with Gasteiger partial charge >= 0.3 is 0 Å². The van der Waals surface area contributed by atoms with Crippen LogP contribution in [0.2, 0.25) is 0 Å². The maximum atomic E-state index is 2.37. The van der Waals surface area contributed by atoms with Crippen LogP contribution in [0.3, 0.4) is 0 Å². The number of rotatable bonds is 7. The summed E-state index contributed by atoms with van der Waals surface area (Å²) in [6.07, 6.45) is 0. The molecule has 374 valence electrons. The number of fused-ring (bicyclic) bond motifs is 9. The highest BCUT2D eigenvalue weighted by Gasteiger charge is 2.18. The topological polar surface area (TPSA) is 9.86 Å². The Morgan fingerprint density at radius 3 is 0.975 bits per heavy atom. The van der Waals surface area contributed by atoms with E-state index in [1.165, 1.54) is 143 Å². The van der Waals surface area contributed by atoms with Crippen molar-refractivity contribution < 1.29 is 0 Å². The lowest BCUT2D eigenvalue weighted by atomic mass is 9.86. The molecule has 16 rings (SSSR count). The van der Waals surface area contributed by atoms with Crippen molar-refractivity contribution in [1.82, 2.24) is 9.13 Å². The second kappa shape index (κ2) is 19.8. The predicted molar refractivity (Wildman–Crippen MR) is 341 cm³/mol. The standard InChI is InChI=1S/C44H29N.C34H23N/c1-3-13-31(14-4-1)43-36-18-7-9-20-38(36)44(39-21-10-8-19-37(39)43)32-25-23-30(24-26-32)33-27-28-42-40(29-33)35-17-11-12-22-41(35)45(42)34-15-5-2-6-16-34;1-2-11-28(12-3-1)35-33-16-7-6-14-31(33)32-23-27(21-22-34(32)35)24-17-19-26(20-18-24)30-15-8-10-25-9-4-5-13-29(25)30/h1-29H;1-23H. The summed E-state index contributed by atoms with van der Waals surface area (Å²) in [5.74, 6) is 0. The lowest BCUT2D eigenvalue weighted by Gasteiger charge is -2.18. The third kappa shape index (κ3) is 8.04. The zero-order valence-electron chi connectivity index (χ0n) is 43.9. The highest BCUT2D eigenvalue weighted by atomic mass is 15.0. The van der Waals surface area contributed by atoms with Crippen molar-refractivity contribution in [2.45, 2.75) is 0 Å². The van der Waals surface area contributed by atoms with E-state index in [1.54, 1.807) is 0 Å². The van der Waals surface area contributed by atoms with E-state index in [2.05, 4.69) is 325 Å². The van der Waals surface area contributed by atoms with Gasteiger partial charge in [0.1, 0.15) is 0 Å². The quantitative estimate of drug-likeness (QED) is 0.141. The molecule has 80 heavy (non-hydrogen) atoms. The summed E-state index contributed by atoms with van der Waals surface area (Å²) >= 11 is 0. The third-order valence-electron chi connectivity index (χ3n) is 16.2. The Morgan fingerprint density at radius 2 is 0.500 bits per heavy atom. The molecule has 0 radical (unpaired) electrons. The van der Waals surface area contributed by atoms with E-state index < -0.39 is 0 Å². The second-order valence-corrected chi connectivity index (χ2v) is 20.7. The van der Waals surface area contributed by atoms with E-state index in [1.807, 2.05) is 0 Å². The fraction of sp³-hybridized carbons (Fsp3) is 0. The molecule has 0 amide bonds. The average molecular weight is 1020 g/mol. The maximum Gasteiger partial charge on any atom is 0.0541 e. The molecule has 0 aliphatic carbocycles. The van der Waals surface area contributed by atoms with Crippen molar-refractivity contribution in [1.29, 1.82) is 0 Å². The summed E-state index contributed by atoms with van der Waals surface area (Å²) in [7, 11) is 0. The summed E-state index contributed by atoms with van der Waals surface area (Å²) in [4.78, 5) is 0. The Balaban J connectivity index is 0.000000142. The number of hydrogen-bond acceptors (Lipinski definition) is 0. The third-order valence-corrected chi connectivity index (χ3v) is 16.2. The van der Waals surface area contributed by atoms with Crippen molar-refractivity contribution >= 4 is 75.9 Å². The Hall–Kier alpha value is -10.5. The molecule has 0 spiro atoms. The lowest BCUT2D eigenvalue weighted by Crippen LogP contribution is -1.92. The molecule has 2 heterocycles. The number of benzene rings is 14. The van der Waals surface area contributed by atoms with Gasteiger partial charge in [-0.2, -0.15) is 0 Å². The van der Waals surface area contributed by atoms with Crippen molar-refractivity contribution in [2.24, 2.45) is 0 Å². The van der Waals surface area contributed by atoms with Crippen molar-refractivity contribution in [2.75, 3.05) is 0 Å². The predicted octanol–water partition coefficient (Wildman–Crippen LogP) is 21.4. The van der Waals surface area contributed by atoms with Gasteiger partial charge in [-0.3, -0.25) is 0 Å². The van der Waals surface area contributed by atoms with Crippen molar-refractivity contribution in [3.05, 3.63) is 315 Å². The second-order valence-electron chi connectivity index (χ2n) is 20.7. The smallest absolute Gasteiger partial charge is 0.0541 e. The number of nitrogens with zero attached hydrogens (tertiary/aromatic N) is 2. The van der Waals surface area contributed by atoms with Crippen LogP contribution < -0.4 is 0 Å². The first-order chi connectivity index (χ1) is 39.7. The minimum Gasteiger partial charge on any atom is -0.309 e. The Morgan fingerprint density at radius 1 is 0.175 bits per heavy atom. The van der Waals surface area contributed by atoms with Gasteiger partial charge in [0, 0.05) is 32.9 Å². The first-order valence-electron chi connectivity index (χ1n) is 27.6. The molecule has 0 N–H and O–H groups in total. The fourth-order valence-corrected chi connectivity index (χ4v) is 12.5. The van der Waals surface area contributed by atoms with Crippen LogP contribution in [0.25, 0.3) is 143 Å². The molecule has 14 aromatic carbocycles. The minimum atomic E-state index is 1.18. The molecule has 2 nitrogen and oxygen atoms in total. The first kappa shape index (κ1) is 46.7. The Kier molecular flexibility index (Phi) is 11.6. The highest BCUT2D eigenvalue weighted by Crippen LogP contribution is 2.45. The summed E-state index contributed by atoms with van der Waals surface area (Å²) in [6.45, 7) is 0. The number of aromatic nitrogens is 2. The van der Waals surface area contributed by atoms with Crippen LogP contribution in [0.4, 0.5) is 0 Å². The van der Waals surface area contributed by atoms with Gasteiger partial charge in [-0.15, -0.1) is 0 Å². The minimum absolute atomic E-state index is 1.18. The SMILES string of the molecule is c1ccc(-c2c3ccccc3c(-c3ccc(-c4ccc5c(c4)c4ccccc4n5-c4ccccc4)cc3)c3ccccc23)cc1.c1ccc(-n2c3ccccc3c3cc(-c4ccc(-c5cccc6ccccc56)cc4)ccc32)cc1. The molecular weight excluding hydrogens is 965 g/mol. The molecule has 0 saturated carbocycles. The van der Waals surface area contributed by atoms with Crippen LogP contribution in [0, 0.1) is 0 Å². The molecule has 0 fully saturated rings. The maximum absolute atomic E-state index is 2.37. The van der Waals surface area contributed by atoms with Gasteiger partial charge in [0.05, 0.1) is 22.1 Å². The molecule has 0 saturated heterocycles. The van der Waals surface area contributed by atoms with E-state index in [0.29, 0.717) is 0 Å². The zero-order valence-corrected chi connectivity index (χ0v) is 43.9. The molecular formula is C78H52N2. The summed E-state index contributed by atoms with van der Waals surface area (Å²) in [5, 5.41) is 12.8. The van der Waals surface area contributed by atoms with Crippen LogP contribution in [0.5, 0.6) is 0 Å². The Labute approximate surface area is 465 Å². The van der Waals surface area contributed by atoms with Gasteiger partial charge in [0.15, 0.2) is 0 Å². The van der Waals surface area contributed by atoms with Gasteiger partial charge in [0.2, 0.25) is 0 Å². The van der Waals surface area contributed by atoms with E-state index in [0.717, 1.165) is 0 Å². The van der Waals surface area contributed by atoms with Gasteiger partial charge in [-0.25, -0.2) is 0 Å². The fourth-order valence-electron chi connectivity index (χ4n) is 12.5. The normalized spacial score (nSPS) is 11.5. The van der Waals surface area contributed by atoms with Crippen LogP contribution in [-0.4, -0.2) is 9.13 Å². The highest BCUT2D eigenvalue weighted by molar-refractivity contribution is 6.21. The summed E-state index contributed by atoms with van der Waals surface area (Å²) in [6, 6.07) is 114.